The number of nitrogens with one attached hydrogen (secondary N) is 2. The van der Waals surface area contributed by atoms with Gasteiger partial charge in [0, 0.05) is 30.6 Å². The molecular weight excluding hydrogens is 404 g/mol. The number of guanidine groups is 1. The first-order valence-electron chi connectivity index (χ1n) is 8.17. The van der Waals surface area contributed by atoms with Crippen LogP contribution in [0, 0.1) is 6.92 Å². The number of aromatic nitrogens is 1. The summed E-state index contributed by atoms with van der Waals surface area (Å²) in [5.41, 5.74) is 1.06. The zero-order valence-electron chi connectivity index (χ0n) is 14.3. The third-order valence-electron chi connectivity index (χ3n) is 3.55. The van der Waals surface area contributed by atoms with Crippen molar-refractivity contribution in [3.63, 3.8) is 0 Å². The minimum Gasteiger partial charge on any atom is -0.454 e. The molecule has 1 aromatic carbocycles. The van der Waals surface area contributed by atoms with Crippen LogP contribution in [-0.4, -0.2) is 30.8 Å². The summed E-state index contributed by atoms with van der Waals surface area (Å²) in [7, 11) is 0. The molecule has 134 valence electrons. The average Bonchev–Trinajstić information content (AvgIpc) is 3.22. The topological polar surface area (TPSA) is 67.8 Å². The highest BCUT2D eigenvalue weighted by atomic mass is 79.9. The second-order valence-electron chi connectivity index (χ2n) is 5.55. The number of fused-ring (bicyclic) bond motifs is 1. The van der Waals surface area contributed by atoms with Gasteiger partial charge >= 0.3 is 0 Å². The number of rotatable bonds is 6. The summed E-state index contributed by atoms with van der Waals surface area (Å²) in [5, 5.41) is 7.76. The van der Waals surface area contributed by atoms with Crippen LogP contribution >= 0.6 is 27.3 Å². The molecule has 0 amide bonds. The fourth-order valence-electron chi connectivity index (χ4n) is 2.43. The minimum absolute atomic E-state index is 0.265. The van der Waals surface area contributed by atoms with Gasteiger partial charge in [0.25, 0.3) is 0 Å². The molecule has 0 radical (unpaired) electrons. The standard InChI is InChI=1S/C17H21BrN4O2S/c1-3-19-17(20-5-4-15-21-8-11(2)25-15)22-9-12-6-13(18)16-14(7-12)23-10-24-16/h6-8H,3-5,9-10H2,1-2H3,(H2,19,20,22). The van der Waals surface area contributed by atoms with Crippen molar-refractivity contribution >= 4 is 33.2 Å². The second kappa shape index (κ2) is 8.53. The highest BCUT2D eigenvalue weighted by Gasteiger charge is 2.17. The second-order valence-corrected chi connectivity index (χ2v) is 7.72. The van der Waals surface area contributed by atoms with Gasteiger partial charge in [0.15, 0.2) is 17.5 Å². The summed E-state index contributed by atoms with van der Waals surface area (Å²) in [6, 6.07) is 3.98. The van der Waals surface area contributed by atoms with Crippen LogP contribution in [-0.2, 0) is 13.0 Å². The van der Waals surface area contributed by atoms with Gasteiger partial charge in [0.1, 0.15) is 0 Å². The molecule has 0 spiro atoms. The first-order valence-corrected chi connectivity index (χ1v) is 9.78. The van der Waals surface area contributed by atoms with E-state index in [9.17, 15) is 0 Å². The molecule has 2 aromatic rings. The largest absolute Gasteiger partial charge is 0.454 e. The molecule has 2 N–H and O–H groups in total. The lowest BCUT2D eigenvalue weighted by Gasteiger charge is -2.11. The monoisotopic (exact) mass is 424 g/mol. The van der Waals surface area contributed by atoms with Crippen LogP contribution in [0.5, 0.6) is 11.5 Å². The molecule has 1 aliphatic rings. The van der Waals surface area contributed by atoms with E-state index in [0.717, 1.165) is 52.0 Å². The fourth-order valence-corrected chi connectivity index (χ4v) is 3.82. The first-order chi connectivity index (χ1) is 12.2. The van der Waals surface area contributed by atoms with Gasteiger partial charge in [-0.1, -0.05) is 0 Å². The number of hydrogen-bond donors (Lipinski definition) is 2. The van der Waals surface area contributed by atoms with Gasteiger partial charge in [0.2, 0.25) is 6.79 Å². The number of hydrogen-bond acceptors (Lipinski definition) is 5. The number of nitrogens with zero attached hydrogens (tertiary/aromatic N) is 2. The van der Waals surface area contributed by atoms with E-state index in [0.29, 0.717) is 6.54 Å². The highest BCUT2D eigenvalue weighted by molar-refractivity contribution is 9.10. The van der Waals surface area contributed by atoms with E-state index in [1.54, 1.807) is 11.3 Å². The van der Waals surface area contributed by atoms with Crippen molar-refractivity contribution in [1.82, 2.24) is 15.6 Å². The smallest absolute Gasteiger partial charge is 0.231 e. The Morgan fingerprint density at radius 2 is 2.24 bits per heavy atom. The van der Waals surface area contributed by atoms with Crippen molar-refractivity contribution in [2.45, 2.75) is 26.8 Å². The molecule has 0 unspecified atom stereocenters. The number of aliphatic imine (C=N–C) groups is 1. The summed E-state index contributed by atoms with van der Waals surface area (Å²) in [4.78, 5) is 10.3. The summed E-state index contributed by atoms with van der Waals surface area (Å²) >= 11 is 5.25. The molecule has 25 heavy (non-hydrogen) atoms. The zero-order chi connectivity index (χ0) is 17.6. The SMILES string of the molecule is CCNC(=NCc1cc(Br)c2c(c1)OCO2)NCCc1ncc(C)s1. The molecular formula is C17H21BrN4O2S. The fraction of sp³-hybridized carbons (Fsp3) is 0.412. The van der Waals surface area contributed by atoms with Gasteiger partial charge in [-0.15, -0.1) is 11.3 Å². The van der Waals surface area contributed by atoms with Crippen LogP contribution in [0.3, 0.4) is 0 Å². The quantitative estimate of drug-likeness (QED) is 0.550. The molecule has 6 nitrogen and oxygen atoms in total. The van der Waals surface area contributed by atoms with E-state index in [-0.39, 0.29) is 6.79 Å². The van der Waals surface area contributed by atoms with Gasteiger partial charge in [-0.05, 0) is 47.5 Å². The molecule has 3 rings (SSSR count). The third kappa shape index (κ3) is 4.85. The van der Waals surface area contributed by atoms with E-state index in [1.165, 1.54) is 4.88 Å². The van der Waals surface area contributed by atoms with Crippen LogP contribution < -0.4 is 20.1 Å². The molecule has 0 atom stereocenters. The van der Waals surface area contributed by atoms with Gasteiger partial charge in [-0.3, -0.25) is 0 Å². The Hall–Kier alpha value is -1.80. The van der Waals surface area contributed by atoms with Crippen LogP contribution in [0.2, 0.25) is 0 Å². The summed E-state index contributed by atoms with van der Waals surface area (Å²) in [5.74, 6) is 2.32. The molecule has 0 saturated carbocycles. The third-order valence-corrected chi connectivity index (χ3v) is 5.11. The highest BCUT2D eigenvalue weighted by Crippen LogP contribution is 2.40. The number of benzene rings is 1. The molecule has 1 aliphatic heterocycles. The number of aryl methyl sites for hydroxylation is 1. The lowest BCUT2D eigenvalue weighted by Crippen LogP contribution is -2.38. The van der Waals surface area contributed by atoms with Gasteiger partial charge in [0.05, 0.1) is 16.0 Å². The first kappa shape index (κ1) is 18.0. The zero-order valence-corrected chi connectivity index (χ0v) is 16.7. The van der Waals surface area contributed by atoms with E-state index in [1.807, 2.05) is 18.3 Å². The Balaban J connectivity index is 1.59. The van der Waals surface area contributed by atoms with Crippen molar-refractivity contribution in [3.05, 3.63) is 38.3 Å². The number of halogens is 1. The van der Waals surface area contributed by atoms with E-state index >= 15 is 0 Å². The van der Waals surface area contributed by atoms with Crippen LogP contribution in [0.15, 0.2) is 27.8 Å². The predicted octanol–water partition coefficient (Wildman–Crippen LogP) is 3.24. The molecule has 0 fully saturated rings. The number of thiazole rings is 1. The summed E-state index contributed by atoms with van der Waals surface area (Å²) in [6.07, 6.45) is 2.80. The van der Waals surface area contributed by atoms with Crippen LogP contribution in [0.4, 0.5) is 0 Å². The Bertz CT molecular complexity index is 763. The molecule has 0 aliphatic carbocycles. The van der Waals surface area contributed by atoms with E-state index < -0.39 is 0 Å². The lowest BCUT2D eigenvalue weighted by molar-refractivity contribution is 0.173. The predicted molar refractivity (Wildman–Crippen MR) is 104 cm³/mol. The van der Waals surface area contributed by atoms with Gasteiger partial charge in [-0.2, -0.15) is 0 Å². The van der Waals surface area contributed by atoms with E-state index in [4.69, 9.17) is 9.47 Å². The molecule has 0 saturated heterocycles. The Kier molecular flexibility index (Phi) is 6.14. The minimum atomic E-state index is 0.265. The van der Waals surface area contributed by atoms with Crippen molar-refractivity contribution in [2.75, 3.05) is 19.9 Å². The van der Waals surface area contributed by atoms with Gasteiger partial charge in [-0.25, -0.2) is 9.98 Å². The maximum Gasteiger partial charge on any atom is 0.231 e. The number of ether oxygens (including phenoxy) is 2. The van der Waals surface area contributed by atoms with Crippen molar-refractivity contribution < 1.29 is 9.47 Å². The van der Waals surface area contributed by atoms with Gasteiger partial charge < -0.3 is 20.1 Å². The molecule has 0 bridgehead atoms. The lowest BCUT2D eigenvalue weighted by atomic mass is 10.2. The normalized spacial score (nSPS) is 13.2. The summed E-state index contributed by atoms with van der Waals surface area (Å²) < 4.78 is 11.8. The Morgan fingerprint density at radius 1 is 1.36 bits per heavy atom. The molecule has 8 heteroatoms. The van der Waals surface area contributed by atoms with E-state index in [2.05, 4.69) is 50.4 Å². The van der Waals surface area contributed by atoms with Crippen molar-refractivity contribution in [1.29, 1.82) is 0 Å². The van der Waals surface area contributed by atoms with Crippen molar-refractivity contribution in [2.24, 2.45) is 4.99 Å². The average molecular weight is 425 g/mol. The molecule has 2 heterocycles. The van der Waals surface area contributed by atoms with Crippen LogP contribution in [0.25, 0.3) is 0 Å². The maximum atomic E-state index is 5.45. The van der Waals surface area contributed by atoms with Crippen LogP contribution in [0.1, 0.15) is 22.4 Å². The Morgan fingerprint density at radius 3 is 3.00 bits per heavy atom. The summed E-state index contributed by atoms with van der Waals surface area (Å²) in [6.45, 7) is 6.56. The van der Waals surface area contributed by atoms with Crippen molar-refractivity contribution in [3.8, 4) is 11.5 Å². The maximum absolute atomic E-state index is 5.45. The molecule has 1 aromatic heterocycles. The Labute approximate surface area is 159 Å².